The zero-order valence-corrected chi connectivity index (χ0v) is 8.77. The molecule has 0 aromatic carbocycles. The van der Waals surface area contributed by atoms with E-state index in [0.29, 0.717) is 6.42 Å². The van der Waals surface area contributed by atoms with Crippen LogP contribution in [0.25, 0.3) is 0 Å². The number of hydrogen-bond acceptors (Lipinski definition) is 2. The van der Waals surface area contributed by atoms with Crippen LogP contribution < -0.4 is 0 Å². The van der Waals surface area contributed by atoms with Gasteiger partial charge < -0.3 is 10.2 Å². The highest BCUT2D eigenvalue weighted by Crippen LogP contribution is 2.24. The van der Waals surface area contributed by atoms with Crippen LogP contribution in [0.5, 0.6) is 0 Å². The van der Waals surface area contributed by atoms with E-state index in [0.717, 1.165) is 0 Å². The van der Waals surface area contributed by atoms with E-state index >= 15 is 0 Å². The lowest BCUT2D eigenvalue weighted by atomic mass is 10.0. The summed E-state index contributed by atoms with van der Waals surface area (Å²) in [6, 6.07) is -0.206. The number of amides is 1. The highest BCUT2D eigenvalue weighted by Gasteiger charge is 2.34. The van der Waals surface area contributed by atoms with Crippen LogP contribution >= 0.6 is 0 Å². The van der Waals surface area contributed by atoms with E-state index in [4.69, 9.17) is 5.11 Å². The highest BCUT2D eigenvalue weighted by atomic mass is 16.4. The van der Waals surface area contributed by atoms with E-state index in [1.807, 2.05) is 20.8 Å². The molecule has 0 spiro atoms. The van der Waals surface area contributed by atoms with Gasteiger partial charge in [0.25, 0.3) is 0 Å². The number of aliphatic hydroxyl groups excluding tert-OH is 1. The third kappa shape index (κ3) is 2.26. The normalized spacial score (nSPS) is 26.6. The van der Waals surface area contributed by atoms with Crippen LogP contribution in [0, 0.1) is 0 Å². The second-order valence-corrected chi connectivity index (χ2v) is 4.58. The van der Waals surface area contributed by atoms with Gasteiger partial charge in [-0.1, -0.05) is 12.2 Å². The van der Waals surface area contributed by atoms with Crippen LogP contribution in [0.3, 0.4) is 0 Å². The molecule has 14 heavy (non-hydrogen) atoms. The van der Waals surface area contributed by atoms with E-state index in [9.17, 15) is 9.90 Å². The number of carbonyl (C=O) groups is 1. The van der Waals surface area contributed by atoms with Crippen molar-refractivity contribution in [2.75, 3.05) is 0 Å². The van der Waals surface area contributed by atoms with Gasteiger partial charge in [-0.2, -0.15) is 0 Å². The maximum atomic E-state index is 11.1. The largest absolute Gasteiger partial charge is 0.465 e. The molecule has 0 unspecified atom stereocenters. The van der Waals surface area contributed by atoms with Crippen molar-refractivity contribution >= 4 is 6.09 Å². The maximum absolute atomic E-state index is 11.1. The van der Waals surface area contributed by atoms with E-state index in [2.05, 4.69) is 0 Å². The fourth-order valence-corrected chi connectivity index (χ4v) is 1.78. The van der Waals surface area contributed by atoms with E-state index in [1.54, 1.807) is 12.2 Å². The summed E-state index contributed by atoms with van der Waals surface area (Å²) >= 11 is 0. The van der Waals surface area contributed by atoms with Crippen LogP contribution in [0.15, 0.2) is 12.2 Å². The summed E-state index contributed by atoms with van der Waals surface area (Å²) in [4.78, 5) is 12.4. The van der Waals surface area contributed by atoms with Gasteiger partial charge in [0.15, 0.2) is 0 Å². The number of carboxylic acid groups (broad SMARTS) is 1. The van der Waals surface area contributed by atoms with Crippen molar-refractivity contribution in [3.05, 3.63) is 12.2 Å². The molecule has 0 radical (unpaired) electrons. The molecular weight excluding hydrogens is 182 g/mol. The molecule has 1 rings (SSSR count). The minimum Gasteiger partial charge on any atom is -0.465 e. The zero-order chi connectivity index (χ0) is 10.9. The van der Waals surface area contributed by atoms with Crippen LogP contribution in [0.4, 0.5) is 4.79 Å². The average molecular weight is 199 g/mol. The molecule has 4 heteroatoms. The summed E-state index contributed by atoms with van der Waals surface area (Å²) in [5.74, 6) is 0. The van der Waals surface area contributed by atoms with E-state index in [-0.39, 0.29) is 6.04 Å². The molecule has 0 bridgehead atoms. The molecule has 2 atom stereocenters. The summed E-state index contributed by atoms with van der Waals surface area (Å²) in [5, 5.41) is 18.4. The first kappa shape index (κ1) is 11.0. The molecule has 1 aliphatic carbocycles. The second-order valence-electron chi connectivity index (χ2n) is 4.58. The molecule has 1 amide bonds. The van der Waals surface area contributed by atoms with Gasteiger partial charge in [0.05, 0.1) is 12.1 Å². The minimum atomic E-state index is -0.943. The summed E-state index contributed by atoms with van der Waals surface area (Å²) in [6.07, 6.45) is 2.41. The first-order chi connectivity index (χ1) is 6.32. The first-order valence-corrected chi connectivity index (χ1v) is 4.71. The number of hydrogen-bond donors (Lipinski definition) is 2. The quantitative estimate of drug-likeness (QED) is 0.628. The standard InChI is InChI=1S/C10H17NO3/c1-10(2,3)11(9(13)14)7-4-5-8(12)6-7/h4-5,7-8,12H,6H2,1-3H3,(H,13,14)/t7-,8+/m0/s1. The fourth-order valence-electron chi connectivity index (χ4n) is 1.78. The molecule has 0 aliphatic heterocycles. The van der Waals surface area contributed by atoms with Crippen molar-refractivity contribution < 1.29 is 15.0 Å². The Morgan fingerprint density at radius 1 is 1.43 bits per heavy atom. The molecule has 0 aromatic rings. The maximum Gasteiger partial charge on any atom is 0.408 e. The lowest BCUT2D eigenvalue weighted by molar-refractivity contribution is 0.0740. The smallest absolute Gasteiger partial charge is 0.408 e. The van der Waals surface area contributed by atoms with Crippen LogP contribution in [0.1, 0.15) is 27.2 Å². The van der Waals surface area contributed by atoms with Gasteiger partial charge in [-0.25, -0.2) is 4.79 Å². The Bertz CT molecular complexity index is 255. The van der Waals surface area contributed by atoms with Crippen molar-refractivity contribution in [1.29, 1.82) is 0 Å². The number of rotatable bonds is 1. The lowest BCUT2D eigenvalue weighted by Crippen LogP contribution is -2.50. The summed E-state index contributed by atoms with van der Waals surface area (Å²) in [6.45, 7) is 5.54. The van der Waals surface area contributed by atoms with Crippen LogP contribution in [-0.2, 0) is 0 Å². The molecule has 80 valence electrons. The molecule has 0 saturated carbocycles. The van der Waals surface area contributed by atoms with Crippen molar-refractivity contribution in [3.8, 4) is 0 Å². The predicted molar refractivity (Wildman–Crippen MR) is 53.2 cm³/mol. The van der Waals surface area contributed by atoms with Crippen molar-refractivity contribution in [2.24, 2.45) is 0 Å². The van der Waals surface area contributed by atoms with Gasteiger partial charge >= 0.3 is 6.09 Å². The van der Waals surface area contributed by atoms with Crippen molar-refractivity contribution in [2.45, 2.75) is 44.9 Å². The Morgan fingerprint density at radius 2 is 2.00 bits per heavy atom. The SMILES string of the molecule is CC(C)(C)N(C(=O)O)[C@H]1C=C[C@@H](O)C1. The Balaban J connectivity index is 2.80. The fraction of sp³-hybridized carbons (Fsp3) is 0.700. The summed E-state index contributed by atoms with van der Waals surface area (Å²) in [7, 11) is 0. The van der Waals surface area contributed by atoms with Gasteiger partial charge in [-0.15, -0.1) is 0 Å². The topological polar surface area (TPSA) is 60.8 Å². The molecule has 4 nitrogen and oxygen atoms in total. The Morgan fingerprint density at radius 3 is 2.29 bits per heavy atom. The molecule has 0 saturated heterocycles. The van der Waals surface area contributed by atoms with Gasteiger partial charge in [0.1, 0.15) is 0 Å². The van der Waals surface area contributed by atoms with E-state index < -0.39 is 17.7 Å². The third-order valence-corrected chi connectivity index (χ3v) is 2.30. The van der Waals surface area contributed by atoms with Crippen LogP contribution in [0.2, 0.25) is 0 Å². The van der Waals surface area contributed by atoms with E-state index in [1.165, 1.54) is 4.90 Å². The van der Waals surface area contributed by atoms with Gasteiger partial charge in [0, 0.05) is 12.0 Å². The predicted octanol–water partition coefficient (Wildman–Crippen LogP) is 1.45. The first-order valence-electron chi connectivity index (χ1n) is 4.71. The second kappa shape index (κ2) is 3.61. The van der Waals surface area contributed by atoms with Gasteiger partial charge in [-0.3, -0.25) is 4.90 Å². The molecule has 0 heterocycles. The van der Waals surface area contributed by atoms with Crippen LogP contribution in [-0.4, -0.2) is 38.9 Å². The van der Waals surface area contributed by atoms with Crippen molar-refractivity contribution in [3.63, 3.8) is 0 Å². The monoisotopic (exact) mass is 199 g/mol. The third-order valence-electron chi connectivity index (χ3n) is 2.30. The number of aliphatic hydroxyl groups is 1. The summed E-state index contributed by atoms with van der Waals surface area (Å²) in [5.41, 5.74) is -0.440. The van der Waals surface area contributed by atoms with Crippen molar-refractivity contribution in [1.82, 2.24) is 4.90 Å². The molecular formula is C10H17NO3. The average Bonchev–Trinajstić information content (AvgIpc) is 2.31. The highest BCUT2D eigenvalue weighted by molar-refractivity contribution is 5.67. The minimum absolute atomic E-state index is 0.206. The molecule has 1 aliphatic rings. The molecule has 2 N–H and O–H groups in total. The van der Waals surface area contributed by atoms with Gasteiger partial charge in [-0.05, 0) is 20.8 Å². The molecule has 0 aromatic heterocycles. The van der Waals surface area contributed by atoms with Gasteiger partial charge in [0.2, 0.25) is 0 Å². The lowest BCUT2D eigenvalue weighted by Gasteiger charge is -2.37. The summed E-state index contributed by atoms with van der Waals surface area (Å²) < 4.78 is 0. The Hall–Kier alpha value is -1.03. The number of nitrogens with zero attached hydrogens (tertiary/aromatic N) is 1. The zero-order valence-electron chi connectivity index (χ0n) is 8.77. The molecule has 0 fully saturated rings. The Kier molecular flexibility index (Phi) is 2.85. The Labute approximate surface area is 83.8 Å².